The standard InChI is InChI=1S/C18H24N4O/c1-13-9-14(2)18(22-7-4-6-20-22)16(10-13)12-21-8-5-17(23)19-11-15(21)3/h4,6-7,9-10,15H,5,8,11-12H2,1-3H3,(H,19,23)/t15-/m0/s1. The summed E-state index contributed by atoms with van der Waals surface area (Å²) in [5, 5.41) is 7.39. The van der Waals surface area contributed by atoms with E-state index in [0.717, 1.165) is 18.8 Å². The van der Waals surface area contributed by atoms with Crippen molar-refractivity contribution in [3.8, 4) is 5.69 Å². The Morgan fingerprint density at radius 1 is 1.35 bits per heavy atom. The van der Waals surface area contributed by atoms with Crippen molar-refractivity contribution in [3.05, 3.63) is 47.3 Å². The minimum absolute atomic E-state index is 0.145. The first kappa shape index (κ1) is 15.7. The second-order valence-electron chi connectivity index (χ2n) is 6.41. The van der Waals surface area contributed by atoms with Crippen LogP contribution < -0.4 is 5.32 Å². The van der Waals surface area contributed by atoms with E-state index < -0.39 is 0 Å². The number of benzene rings is 1. The van der Waals surface area contributed by atoms with Gasteiger partial charge in [0.15, 0.2) is 0 Å². The normalized spacial score (nSPS) is 19.4. The molecule has 2 heterocycles. The third-order valence-electron chi connectivity index (χ3n) is 4.47. The summed E-state index contributed by atoms with van der Waals surface area (Å²) < 4.78 is 1.94. The van der Waals surface area contributed by atoms with Gasteiger partial charge in [0, 0.05) is 44.5 Å². The Morgan fingerprint density at radius 2 is 2.17 bits per heavy atom. The van der Waals surface area contributed by atoms with Crippen LogP contribution in [0.5, 0.6) is 0 Å². The molecule has 1 fully saturated rings. The van der Waals surface area contributed by atoms with Gasteiger partial charge in [-0.05, 0) is 38.0 Å². The molecule has 1 aromatic carbocycles. The van der Waals surface area contributed by atoms with Gasteiger partial charge in [0.1, 0.15) is 0 Å². The predicted octanol–water partition coefficient (Wildman–Crippen LogP) is 2.20. The second-order valence-corrected chi connectivity index (χ2v) is 6.41. The lowest BCUT2D eigenvalue weighted by atomic mass is 10.0. The summed E-state index contributed by atoms with van der Waals surface area (Å²) >= 11 is 0. The van der Waals surface area contributed by atoms with Gasteiger partial charge in [-0.2, -0.15) is 5.10 Å². The topological polar surface area (TPSA) is 50.2 Å². The molecule has 122 valence electrons. The van der Waals surface area contributed by atoms with Crippen LogP contribution in [0, 0.1) is 13.8 Å². The SMILES string of the molecule is Cc1cc(C)c(-n2cccn2)c(CN2CCC(=O)NC[C@@H]2C)c1. The molecule has 1 saturated heterocycles. The highest BCUT2D eigenvalue weighted by molar-refractivity contribution is 5.76. The summed E-state index contributed by atoms with van der Waals surface area (Å²) in [5.74, 6) is 0.145. The lowest BCUT2D eigenvalue weighted by Gasteiger charge is -2.27. The van der Waals surface area contributed by atoms with Crippen LogP contribution in [0.25, 0.3) is 5.69 Å². The number of hydrogen-bond donors (Lipinski definition) is 1. The van der Waals surface area contributed by atoms with Gasteiger partial charge in [0.2, 0.25) is 5.91 Å². The number of aryl methyl sites for hydroxylation is 2. The largest absolute Gasteiger partial charge is 0.355 e. The molecule has 1 N–H and O–H groups in total. The van der Waals surface area contributed by atoms with Crippen molar-refractivity contribution in [1.82, 2.24) is 20.0 Å². The number of nitrogens with zero attached hydrogens (tertiary/aromatic N) is 3. The molecule has 5 nitrogen and oxygen atoms in total. The number of aromatic nitrogens is 2. The summed E-state index contributed by atoms with van der Waals surface area (Å²) in [6.45, 7) is 8.75. The average molecular weight is 312 g/mol. The molecule has 1 aromatic heterocycles. The molecule has 0 bridgehead atoms. The Kier molecular flexibility index (Phi) is 4.48. The first-order chi connectivity index (χ1) is 11.0. The third-order valence-corrected chi connectivity index (χ3v) is 4.47. The molecule has 1 aliphatic rings. The molecule has 1 atom stereocenters. The molecule has 0 spiro atoms. The Balaban J connectivity index is 1.94. The van der Waals surface area contributed by atoms with Crippen LogP contribution in [0.2, 0.25) is 0 Å². The van der Waals surface area contributed by atoms with Crippen molar-refractivity contribution < 1.29 is 4.79 Å². The zero-order valence-corrected chi connectivity index (χ0v) is 14.0. The van der Waals surface area contributed by atoms with E-state index in [1.54, 1.807) is 6.20 Å². The van der Waals surface area contributed by atoms with Crippen LogP contribution in [0.1, 0.15) is 30.0 Å². The summed E-state index contributed by atoms with van der Waals surface area (Å²) in [6, 6.07) is 6.70. The van der Waals surface area contributed by atoms with Gasteiger partial charge >= 0.3 is 0 Å². The number of hydrogen-bond acceptors (Lipinski definition) is 3. The van der Waals surface area contributed by atoms with Gasteiger partial charge in [-0.3, -0.25) is 9.69 Å². The van der Waals surface area contributed by atoms with E-state index >= 15 is 0 Å². The summed E-state index contributed by atoms with van der Waals surface area (Å²) in [4.78, 5) is 14.0. The van der Waals surface area contributed by atoms with Crippen molar-refractivity contribution in [2.75, 3.05) is 13.1 Å². The van der Waals surface area contributed by atoms with Gasteiger partial charge in [-0.15, -0.1) is 0 Å². The number of carbonyl (C=O) groups is 1. The molecule has 0 radical (unpaired) electrons. The van der Waals surface area contributed by atoms with Crippen molar-refractivity contribution in [1.29, 1.82) is 0 Å². The second kappa shape index (κ2) is 6.54. The fraction of sp³-hybridized carbons (Fsp3) is 0.444. The highest BCUT2D eigenvalue weighted by atomic mass is 16.1. The maximum atomic E-state index is 11.6. The highest BCUT2D eigenvalue weighted by Gasteiger charge is 2.22. The van der Waals surface area contributed by atoms with Crippen LogP contribution in [-0.4, -0.2) is 39.7 Å². The lowest BCUT2D eigenvalue weighted by Crippen LogP contribution is -2.37. The average Bonchev–Trinajstić information content (AvgIpc) is 2.96. The zero-order valence-electron chi connectivity index (χ0n) is 14.0. The lowest BCUT2D eigenvalue weighted by molar-refractivity contribution is -0.120. The van der Waals surface area contributed by atoms with Crippen LogP contribution in [-0.2, 0) is 11.3 Å². The zero-order chi connectivity index (χ0) is 16.4. The molecule has 2 aromatic rings. The smallest absolute Gasteiger partial charge is 0.221 e. The Hall–Kier alpha value is -2.14. The summed E-state index contributed by atoms with van der Waals surface area (Å²) in [6.07, 6.45) is 4.35. The minimum atomic E-state index is 0.145. The van der Waals surface area contributed by atoms with Gasteiger partial charge < -0.3 is 5.32 Å². The number of carbonyl (C=O) groups excluding carboxylic acids is 1. The van der Waals surface area contributed by atoms with E-state index in [1.807, 2.05) is 16.9 Å². The Morgan fingerprint density at radius 3 is 2.91 bits per heavy atom. The highest BCUT2D eigenvalue weighted by Crippen LogP contribution is 2.23. The maximum Gasteiger partial charge on any atom is 0.221 e. The van der Waals surface area contributed by atoms with Gasteiger partial charge in [-0.1, -0.05) is 17.7 Å². The molecule has 3 rings (SSSR count). The molecule has 0 saturated carbocycles. The van der Waals surface area contributed by atoms with Crippen molar-refractivity contribution in [3.63, 3.8) is 0 Å². The predicted molar refractivity (Wildman–Crippen MR) is 90.5 cm³/mol. The van der Waals surface area contributed by atoms with Crippen LogP contribution in [0.4, 0.5) is 0 Å². The van der Waals surface area contributed by atoms with Crippen LogP contribution >= 0.6 is 0 Å². The van der Waals surface area contributed by atoms with E-state index in [2.05, 4.69) is 48.2 Å². The molecule has 1 aliphatic heterocycles. The first-order valence-electron chi connectivity index (χ1n) is 8.15. The monoisotopic (exact) mass is 312 g/mol. The first-order valence-corrected chi connectivity index (χ1v) is 8.15. The molecule has 5 heteroatoms. The minimum Gasteiger partial charge on any atom is -0.355 e. The summed E-state index contributed by atoms with van der Waals surface area (Å²) in [7, 11) is 0. The van der Waals surface area contributed by atoms with Gasteiger partial charge in [-0.25, -0.2) is 4.68 Å². The maximum absolute atomic E-state index is 11.6. The fourth-order valence-corrected chi connectivity index (χ4v) is 3.30. The van der Waals surface area contributed by atoms with E-state index in [-0.39, 0.29) is 5.91 Å². The van der Waals surface area contributed by atoms with Crippen LogP contribution in [0.15, 0.2) is 30.6 Å². The fourth-order valence-electron chi connectivity index (χ4n) is 3.30. The van der Waals surface area contributed by atoms with Gasteiger partial charge in [0.05, 0.1) is 5.69 Å². The van der Waals surface area contributed by atoms with E-state index in [1.165, 1.54) is 16.7 Å². The van der Waals surface area contributed by atoms with Crippen molar-refractivity contribution in [2.24, 2.45) is 0 Å². The molecule has 1 amide bonds. The van der Waals surface area contributed by atoms with Crippen molar-refractivity contribution in [2.45, 2.75) is 39.8 Å². The van der Waals surface area contributed by atoms with Crippen LogP contribution in [0.3, 0.4) is 0 Å². The number of nitrogens with one attached hydrogen (secondary N) is 1. The summed E-state index contributed by atoms with van der Waals surface area (Å²) in [5.41, 5.74) is 4.88. The number of rotatable bonds is 3. The molecule has 23 heavy (non-hydrogen) atoms. The Bertz CT molecular complexity index is 693. The Labute approximate surface area is 137 Å². The van der Waals surface area contributed by atoms with E-state index in [9.17, 15) is 4.79 Å². The molecular formula is C18H24N4O. The van der Waals surface area contributed by atoms with E-state index in [0.29, 0.717) is 19.0 Å². The molecule has 0 unspecified atom stereocenters. The molecular weight excluding hydrogens is 288 g/mol. The van der Waals surface area contributed by atoms with Crippen molar-refractivity contribution >= 4 is 5.91 Å². The third kappa shape index (κ3) is 3.45. The van der Waals surface area contributed by atoms with Gasteiger partial charge in [0.25, 0.3) is 0 Å². The van der Waals surface area contributed by atoms with E-state index in [4.69, 9.17) is 0 Å². The quantitative estimate of drug-likeness (QED) is 0.945. The molecule has 0 aliphatic carbocycles. The number of amides is 1.